The fraction of sp³-hybridized carbons (Fsp3) is 0.407. The maximum Gasteiger partial charge on any atom is 0.419 e. The molecule has 4 aromatic rings. The molecule has 0 aliphatic heterocycles. The lowest BCUT2D eigenvalue weighted by molar-refractivity contribution is -0.137. The minimum absolute atomic E-state index is 0.0190. The van der Waals surface area contributed by atoms with Crippen LogP contribution < -0.4 is 5.73 Å². The Balaban J connectivity index is 1.43. The fourth-order valence-corrected chi connectivity index (χ4v) is 4.89. The summed E-state index contributed by atoms with van der Waals surface area (Å²) in [5, 5.41) is 18.7. The number of halogens is 3. The standard InChI is InChI=1S/C27H30F3N7O2/c1-4-26(9-10-26)22(24-34-25(39-35-24)19-13-33-37(14-19)15-21(38)36(2)3)17-7-5-16(6-8-17)18-11-20(27(28,29)30)23(31)32-12-18/h5-8,11-14,21-22,38H,4,9-10,15H2,1-3H3,(H2,31,32). The molecule has 0 radical (unpaired) electrons. The van der Waals surface area contributed by atoms with Crippen molar-refractivity contribution in [1.29, 1.82) is 0 Å². The smallest absolute Gasteiger partial charge is 0.383 e. The first-order valence-electron chi connectivity index (χ1n) is 12.6. The number of aromatic nitrogens is 5. The van der Waals surface area contributed by atoms with Crippen LogP contribution in [0.2, 0.25) is 0 Å². The van der Waals surface area contributed by atoms with Gasteiger partial charge in [-0.05, 0) is 56.0 Å². The molecule has 2 atom stereocenters. The number of aliphatic hydroxyl groups excluding tert-OH is 1. The van der Waals surface area contributed by atoms with Crippen LogP contribution in [0.3, 0.4) is 0 Å². The predicted molar refractivity (Wildman–Crippen MR) is 138 cm³/mol. The topological polar surface area (TPSA) is 119 Å². The van der Waals surface area contributed by atoms with E-state index in [0.717, 1.165) is 30.9 Å². The minimum Gasteiger partial charge on any atom is -0.383 e. The molecule has 5 rings (SSSR count). The summed E-state index contributed by atoms with van der Waals surface area (Å²) in [6, 6.07) is 8.38. The summed E-state index contributed by atoms with van der Waals surface area (Å²) in [4.78, 5) is 10.1. The van der Waals surface area contributed by atoms with E-state index in [-0.39, 0.29) is 17.9 Å². The Labute approximate surface area is 223 Å². The maximum absolute atomic E-state index is 13.3. The molecule has 2 unspecified atom stereocenters. The Kier molecular flexibility index (Phi) is 6.93. The molecule has 1 aliphatic rings. The van der Waals surface area contributed by atoms with Gasteiger partial charge in [0.25, 0.3) is 5.89 Å². The molecule has 3 heterocycles. The van der Waals surface area contributed by atoms with Gasteiger partial charge in [-0.2, -0.15) is 23.3 Å². The fourth-order valence-electron chi connectivity index (χ4n) is 4.89. The lowest BCUT2D eigenvalue weighted by Gasteiger charge is -2.23. The van der Waals surface area contributed by atoms with Crippen LogP contribution in [-0.4, -0.2) is 55.2 Å². The van der Waals surface area contributed by atoms with Crippen LogP contribution in [-0.2, 0) is 12.7 Å². The van der Waals surface area contributed by atoms with E-state index in [1.807, 2.05) is 12.1 Å². The third-order valence-corrected chi connectivity index (χ3v) is 7.54. The lowest BCUT2D eigenvalue weighted by atomic mass is 9.80. The molecular formula is C27H30F3N7O2. The van der Waals surface area contributed by atoms with Crippen molar-refractivity contribution in [3.63, 3.8) is 0 Å². The van der Waals surface area contributed by atoms with E-state index < -0.39 is 23.8 Å². The first kappa shape index (κ1) is 26.8. The highest BCUT2D eigenvalue weighted by Gasteiger charge is 2.50. The molecule has 12 heteroatoms. The number of nitrogens with zero attached hydrogens (tertiary/aromatic N) is 6. The van der Waals surface area contributed by atoms with Crippen LogP contribution in [0.15, 0.2) is 53.4 Å². The summed E-state index contributed by atoms with van der Waals surface area (Å²) in [7, 11) is 3.56. The van der Waals surface area contributed by atoms with Crippen molar-refractivity contribution in [3.05, 3.63) is 65.9 Å². The van der Waals surface area contributed by atoms with Gasteiger partial charge in [-0.25, -0.2) is 4.98 Å². The molecule has 0 spiro atoms. The van der Waals surface area contributed by atoms with Crippen molar-refractivity contribution in [2.45, 2.75) is 51.1 Å². The number of likely N-dealkylation sites (N-methyl/N-ethyl adjacent to an activating group) is 1. The van der Waals surface area contributed by atoms with Gasteiger partial charge in [0.05, 0.1) is 29.8 Å². The quantitative estimate of drug-likeness (QED) is 0.290. The van der Waals surface area contributed by atoms with Gasteiger partial charge >= 0.3 is 6.18 Å². The summed E-state index contributed by atoms with van der Waals surface area (Å²) in [5.41, 5.74) is 7.01. The highest BCUT2D eigenvalue weighted by Crippen LogP contribution is 2.60. The van der Waals surface area contributed by atoms with E-state index in [4.69, 9.17) is 15.2 Å². The normalized spacial score (nSPS) is 16.4. The van der Waals surface area contributed by atoms with Crippen molar-refractivity contribution < 1.29 is 22.8 Å². The van der Waals surface area contributed by atoms with Crippen LogP contribution in [0, 0.1) is 5.41 Å². The van der Waals surface area contributed by atoms with E-state index >= 15 is 0 Å². The number of hydrogen-bond donors (Lipinski definition) is 2. The number of aliphatic hydroxyl groups is 1. The number of nitrogen functional groups attached to an aromatic ring is 1. The molecule has 1 aromatic carbocycles. The van der Waals surface area contributed by atoms with Crippen molar-refractivity contribution in [1.82, 2.24) is 29.8 Å². The lowest BCUT2D eigenvalue weighted by Crippen LogP contribution is -2.31. The van der Waals surface area contributed by atoms with Gasteiger partial charge in [0, 0.05) is 18.0 Å². The molecule has 0 saturated heterocycles. The first-order valence-corrected chi connectivity index (χ1v) is 12.6. The van der Waals surface area contributed by atoms with Gasteiger partial charge in [0.15, 0.2) is 5.82 Å². The van der Waals surface area contributed by atoms with Crippen molar-refractivity contribution in [2.24, 2.45) is 5.41 Å². The minimum atomic E-state index is -4.59. The molecule has 206 valence electrons. The van der Waals surface area contributed by atoms with Crippen LogP contribution in [0.4, 0.5) is 19.0 Å². The zero-order valence-corrected chi connectivity index (χ0v) is 21.9. The van der Waals surface area contributed by atoms with Gasteiger partial charge in [-0.3, -0.25) is 9.58 Å². The molecule has 3 N–H and O–H groups in total. The molecule has 39 heavy (non-hydrogen) atoms. The van der Waals surface area contributed by atoms with Gasteiger partial charge in [-0.1, -0.05) is 36.3 Å². The highest BCUT2D eigenvalue weighted by atomic mass is 19.4. The summed E-state index contributed by atoms with van der Waals surface area (Å²) < 4.78 is 47.2. The molecular weight excluding hydrogens is 511 g/mol. The molecule has 1 fully saturated rings. The number of nitrogens with two attached hydrogens (primary N) is 1. The number of benzene rings is 1. The Morgan fingerprint density at radius 3 is 2.46 bits per heavy atom. The maximum atomic E-state index is 13.3. The summed E-state index contributed by atoms with van der Waals surface area (Å²) >= 11 is 0. The summed E-state index contributed by atoms with van der Waals surface area (Å²) in [6.45, 7) is 2.42. The Morgan fingerprint density at radius 2 is 1.85 bits per heavy atom. The van der Waals surface area contributed by atoms with Gasteiger partial charge in [0.1, 0.15) is 12.0 Å². The molecule has 9 nitrogen and oxygen atoms in total. The third-order valence-electron chi connectivity index (χ3n) is 7.54. The van der Waals surface area contributed by atoms with E-state index in [2.05, 4.69) is 22.2 Å². The Bertz CT molecular complexity index is 1440. The number of alkyl halides is 3. The average Bonchev–Trinajstić information content (AvgIpc) is 3.28. The zero-order chi connectivity index (χ0) is 27.9. The predicted octanol–water partition coefficient (Wildman–Crippen LogP) is 4.80. The van der Waals surface area contributed by atoms with Gasteiger partial charge < -0.3 is 15.4 Å². The van der Waals surface area contributed by atoms with E-state index in [1.165, 1.54) is 6.20 Å². The van der Waals surface area contributed by atoms with Gasteiger partial charge in [0.2, 0.25) is 0 Å². The largest absolute Gasteiger partial charge is 0.419 e. The second-order valence-electron chi connectivity index (χ2n) is 10.3. The van der Waals surface area contributed by atoms with E-state index in [1.54, 1.807) is 48.2 Å². The monoisotopic (exact) mass is 541 g/mol. The van der Waals surface area contributed by atoms with Crippen LogP contribution in [0.1, 0.15) is 49.1 Å². The van der Waals surface area contributed by atoms with Crippen molar-refractivity contribution in [3.8, 4) is 22.6 Å². The number of anilines is 1. The average molecular weight is 542 g/mol. The second-order valence-corrected chi connectivity index (χ2v) is 10.3. The first-order chi connectivity index (χ1) is 18.5. The number of pyridine rings is 1. The third kappa shape index (κ3) is 5.39. The summed E-state index contributed by atoms with van der Waals surface area (Å²) in [6.07, 6.45) is 2.37. The SMILES string of the molecule is CCC1(C(c2ccc(-c3cnc(N)c(C(F)(F)F)c3)cc2)c2noc(-c3cnn(CC(O)N(C)C)c3)n2)CC1. The molecule has 1 saturated carbocycles. The number of rotatable bonds is 9. The van der Waals surface area contributed by atoms with Crippen LogP contribution in [0.5, 0.6) is 0 Å². The zero-order valence-electron chi connectivity index (χ0n) is 21.9. The van der Waals surface area contributed by atoms with Crippen LogP contribution in [0.25, 0.3) is 22.6 Å². The van der Waals surface area contributed by atoms with E-state index in [9.17, 15) is 18.3 Å². The Hall–Kier alpha value is -3.77. The molecule has 0 bridgehead atoms. The van der Waals surface area contributed by atoms with Gasteiger partial charge in [-0.15, -0.1) is 0 Å². The second kappa shape index (κ2) is 10.1. The van der Waals surface area contributed by atoms with E-state index in [0.29, 0.717) is 28.4 Å². The van der Waals surface area contributed by atoms with Crippen molar-refractivity contribution >= 4 is 5.82 Å². The Morgan fingerprint density at radius 1 is 1.13 bits per heavy atom. The summed E-state index contributed by atoms with van der Waals surface area (Å²) in [5.74, 6) is 0.187. The van der Waals surface area contributed by atoms with Crippen LogP contribution >= 0.6 is 0 Å². The molecule has 0 amide bonds. The number of hydrogen-bond acceptors (Lipinski definition) is 8. The highest BCUT2D eigenvalue weighted by molar-refractivity contribution is 5.66. The van der Waals surface area contributed by atoms with Crippen molar-refractivity contribution in [2.75, 3.05) is 19.8 Å². The molecule has 3 aromatic heterocycles. The molecule has 1 aliphatic carbocycles.